The van der Waals surface area contributed by atoms with Crippen molar-refractivity contribution in [2.45, 2.75) is 19.4 Å². The maximum Gasteiger partial charge on any atom is 0.274 e. The number of anilines is 2. The van der Waals surface area contributed by atoms with Crippen LogP contribution in [0.1, 0.15) is 12.0 Å². The Morgan fingerprint density at radius 2 is 2.04 bits per heavy atom. The number of nitrogens with zero attached hydrogens (tertiary/aromatic N) is 1. The maximum atomic E-state index is 12.2. The molecule has 8 heteroatoms. The van der Waals surface area contributed by atoms with Crippen molar-refractivity contribution in [3.05, 3.63) is 58.1 Å². The van der Waals surface area contributed by atoms with E-state index in [0.29, 0.717) is 22.7 Å². The largest absolute Gasteiger partial charge is 0.478 e. The average molecular weight is 341 g/mol. The fourth-order valence-corrected chi connectivity index (χ4v) is 2.55. The molecule has 0 fully saturated rings. The number of nitro groups is 1. The number of benzene rings is 2. The molecule has 1 heterocycles. The van der Waals surface area contributed by atoms with Gasteiger partial charge in [0.1, 0.15) is 5.75 Å². The molecule has 0 radical (unpaired) electrons. The van der Waals surface area contributed by atoms with Crippen molar-refractivity contribution in [3.8, 4) is 5.75 Å². The van der Waals surface area contributed by atoms with Crippen LogP contribution in [0.4, 0.5) is 17.1 Å². The number of rotatable bonds is 4. The quantitative estimate of drug-likeness (QED) is 0.656. The van der Waals surface area contributed by atoms with E-state index in [0.717, 1.165) is 0 Å². The lowest BCUT2D eigenvalue weighted by Gasteiger charge is -2.25. The molecule has 3 rings (SSSR count). The van der Waals surface area contributed by atoms with E-state index in [2.05, 4.69) is 10.6 Å². The van der Waals surface area contributed by atoms with Crippen LogP contribution in [-0.4, -0.2) is 22.8 Å². The van der Waals surface area contributed by atoms with Crippen LogP contribution in [0.25, 0.3) is 0 Å². The van der Waals surface area contributed by atoms with Gasteiger partial charge in [0, 0.05) is 6.07 Å². The zero-order chi connectivity index (χ0) is 18.0. The lowest BCUT2D eigenvalue weighted by atomic mass is 10.1. The number of amides is 2. The molecule has 0 spiro atoms. The van der Waals surface area contributed by atoms with E-state index in [1.165, 1.54) is 12.1 Å². The summed E-state index contributed by atoms with van der Waals surface area (Å²) >= 11 is 0. The average Bonchev–Trinajstić information content (AvgIpc) is 2.57. The summed E-state index contributed by atoms with van der Waals surface area (Å²) in [6.07, 6.45) is -1.17. The lowest BCUT2D eigenvalue weighted by Crippen LogP contribution is -2.39. The zero-order valence-electron chi connectivity index (χ0n) is 13.3. The number of carbonyl (C=O) groups is 2. The van der Waals surface area contributed by atoms with Crippen LogP contribution in [0.15, 0.2) is 42.5 Å². The molecule has 0 saturated carbocycles. The summed E-state index contributed by atoms with van der Waals surface area (Å²) in [4.78, 5) is 34.7. The number of para-hydroxylation sites is 2. The minimum absolute atomic E-state index is 0.0848. The van der Waals surface area contributed by atoms with Crippen molar-refractivity contribution in [2.75, 3.05) is 10.6 Å². The standard InChI is InChI=1S/C17H15N3O5/c1-10-11(6-4-7-13(10)20(23)24)18-16(21)9-15-17(22)19-12-5-2-3-8-14(12)25-15/h2-8,15H,9H2,1H3,(H,18,21)(H,19,22)/t15-/m1/s1. The second-order valence-corrected chi connectivity index (χ2v) is 5.55. The van der Waals surface area contributed by atoms with Crippen LogP contribution in [0.2, 0.25) is 0 Å². The van der Waals surface area contributed by atoms with Crippen LogP contribution >= 0.6 is 0 Å². The Labute approximate surface area is 142 Å². The van der Waals surface area contributed by atoms with E-state index in [4.69, 9.17) is 4.74 Å². The van der Waals surface area contributed by atoms with E-state index >= 15 is 0 Å². The molecule has 0 aromatic heterocycles. The normalized spacial score (nSPS) is 15.6. The first kappa shape index (κ1) is 16.4. The molecular formula is C17H15N3O5. The van der Waals surface area contributed by atoms with Gasteiger partial charge in [-0.25, -0.2) is 0 Å². The van der Waals surface area contributed by atoms with Crippen LogP contribution in [0, 0.1) is 17.0 Å². The zero-order valence-corrected chi connectivity index (χ0v) is 13.3. The summed E-state index contributed by atoms with van der Waals surface area (Å²) in [5.74, 6) is -0.390. The highest BCUT2D eigenvalue weighted by atomic mass is 16.6. The summed E-state index contributed by atoms with van der Waals surface area (Å²) < 4.78 is 5.56. The Morgan fingerprint density at radius 1 is 1.28 bits per heavy atom. The van der Waals surface area contributed by atoms with E-state index in [-0.39, 0.29) is 12.1 Å². The van der Waals surface area contributed by atoms with Crippen molar-refractivity contribution in [1.82, 2.24) is 0 Å². The smallest absolute Gasteiger partial charge is 0.274 e. The first-order valence-corrected chi connectivity index (χ1v) is 7.56. The highest BCUT2D eigenvalue weighted by molar-refractivity contribution is 6.02. The highest BCUT2D eigenvalue weighted by Crippen LogP contribution is 2.30. The number of hydrogen-bond acceptors (Lipinski definition) is 5. The van der Waals surface area contributed by atoms with Gasteiger partial charge in [-0.3, -0.25) is 19.7 Å². The number of ether oxygens (including phenoxy) is 1. The first-order chi connectivity index (χ1) is 12.0. The molecule has 0 aliphatic carbocycles. The van der Waals surface area contributed by atoms with Crippen molar-refractivity contribution in [2.24, 2.45) is 0 Å². The molecule has 0 unspecified atom stereocenters. The third-order valence-corrected chi connectivity index (χ3v) is 3.85. The van der Waals surface area contributed by atoms with Crippen LogP contribution in [0.3, 0.4) is 0 Å². The second-order valence-electron chi connectivity index (χ2n) is 5.55. The van der Waals surface area contributed by atoms with Gasteiger partial charge in [0.15, 0.2) is 6.10 Å². The Hall–Kier alpha value is -3.42. The molecular weight excluding hydrogens is 326 g/mol. The molecule has 1 aliphatic heterocycles. The summed E-state index contributed by atoms with van der Waals surface area (Å²) in [5, 5.41) is 16.2. The SMILES string of the molecule is Cc1c(NC(=O)C[C@H]2Oc3ccccc3NC2=O)cccc1[N+](=O)[O-]. The minimum atomic E-state index is -0.964. The van der Waals surface area contributed by atoms with Crippen LogP contribution in [0.5, 0.6) is 5.75 Å². The molecule has 2 aromatic rings. The Balaban J connectivity index is 1.71. The molecule has 25 heavy (non-hydrogen) atoms. The molecule has 1 aliphatic rings. The summed E-state index contributed by atoms with van der Waals surface area (Å²) in [6, 6.07) is 11.3. The molecule has 0 bridgehead atoms. The maximum absolute atomic E-state index is 12.2. The monoisotopic (exact) mass is 341 g/mol. The predicted molar refractivity (Wildman–Crippen MR) is 90.6 cm³/mol. The Morgan fingerprint density at radius 3 is 2.80 bits per heavy atom. The van der Waals surface area contributed by atoms with E-state index in [9.17, 15) is 19.7 Å². The second kappa shape index (κ2) is 6.60. The Kier molecular flexibility index (Phi) is 4.34. The fourth-order valence-electron chi connectivity index (χ4n) is 2.55. The van der Waals surface area contributed by atoms with Gasteiger partial charge in [-0.15, -0.1) is 0 Å². The van der Waals surface area contributed by atoms with E-state index in [1.807, 2.05) is 0 Å². The predicted octanol–water partition coefficient (Wildman–Crippen LogP) is 2.63. The number of carbonyl (C=O) groups excluding carboxylic acids is 2. The summed E-state index contributed by atoms with van der Waals surface area (Å²) in [6.45, 7) is 1.55. The highest BCUT2D eigenvalue weighted by Gasteiger charge is 2.29. The van der Waals surface area contributed by atoms with Gasteiger partial charge in [-0.1, -0.05) is 18.2 Å². The van der Waals surface area contributed by atoms with Crippen LogP contribution < -0.4 is 15.4 Å². The van der Waals surface area contributed by atoms with Crippen molar-refractivity contribution in [3.63, 3.8) is 0 Å². The lowest BCUT2D eigenvalue weighted by molar-refractivity contribution is -0.385. The van der Waals surface area contributed by atoms with Gasteiger partial charge in [0.2, 0.25) is 5.91 Å². The molecule has 2 amide bonds. The fraction of sp³-hybridized carbons (Fsp3) is 0.176. The van der Waals surface area contributed by atoms with E-state index in [1.54, 1.807) is 37.3 Å². The first-order valence-electron chi connectivity index (χ1n) is 7.56. The molecule has 1 atom stereocenters. The number of nitrogens with one attached hydrogen (secondary N) is 2. The number of fused-ring (bicyclic) bond motifs is 1. The van der Waals surface area contributed by atoms with Gasteiger partial charge in [-0.05, 0) is 25.1 Å². The van der Waals surface area contributed by atoms with Crippen molar-refractivity contribution < 1.29 is 19.2 Å². The minimum Gasteiger partial charge on any atom is -0.478 e. The molecule has 2 aromatic carbocycles. The number of hydrogen-bond donors (Lipinski definition) is 2. The van der Waals surface area contributed by atoms with Crippen molar-refractivity contribution in [1.29, 1.82) is 0 Å². The Bertz CT molecular complexity index is 865. The van der Waals surface area contributed by atoms with Crippen molar-refractivity contribution >= 4 is 28.9 Å². The third kappa shape index (κ3) is 3.42. The van der Waals surface area contributed by atoms with Crippen LogP contribution in [-0.2, 0) is 9.59 Å². The van der Waals surface area contributed by atoms with Gasteiger partial charge < -0.3 is 15.4 Å². The summed E-state index contributed by atoms with van der Waals surface area (Å²) in [5.41, 5.74) is 1.15. The van der Waals surface area contributed by atoms with Gasteiger partial charge >= 0.3 is 0 Å². The number of nitro benzene ring substituents is 1. The molecule has 0 saturated heterocycles. The van der Waals surface area contributed by atoms with Gasteiger partial charge in [-0.2, -0.15) is 0 Å². The van der Waals surface area contributed by atoms with Gasteiger partial charge in [0.25, 0.3) is 11.6 Å². The topological polar surface area (TPSA) is 111 Å². The summed E-state index contributed by atoms with van der Waals surface area (Å²) in [7, 11) is 0. The molecule has 128 valence electrons. The molecule has 2 N–H and O–H groups in total. The van der Waals surface area contributed by atoms with E-state index < -0.39 is 22.8 Å². The molecule has 8 nitrogen and oxygen atoms in total. The van der Waals surface area contributed by atoms with Gasteiger partial charge in [0.05, 0.1) is 28.3 Å². The third-order valence-electron chi connectivity index (χ3n) is 3.85.